The number of piperazine rings is 1. The van der Waals surface area contributed by atoms with Gasteiger partial charge in [-0.25, -0.2) is 4.39 Å². The van der Waals surface area contributed by atoms with Crippen LogP contribution < -0.4 is 0 Å². The standard InChI is InChI=1S/C25H32FN3O2S/c1-17-15-27(11-12-29(17)24(31)25(2,3)4)22(30)16-28-10-8-21-20(9-13-32-21)23(28)18-6-5-7-19(26)14-18/h5-7,9,13-14,17,23H,8,10-12,15-16H2,1-4H3/t17-,23+/m0/s1. The van der Waals surface area contributed by atoms with E-state index in [9.17, 15) is 14.0 Å². The molecule has 0 bridgehead atoms. The molecule has 0 saturated carbocycles. The van der Waals surface area contributed by atoms with E-state index < -0.39 is 5.41 Å². The fraction of sp³-hybridized carbons (Fsp3) is 0.520. The third-order valence-electron chi connectivity index (χ3n) is 6.45. The van der Waals surface area contributed by atoms with Crippen molar-refractivity contribution < 1.29 is 14.0 Å². The minimum Gasteiger partial charge on any atom is -0.338 e. The second kappa shape index (κ2) is 8.94. The minimum atomic E-state index is -0.426. The van der Waals surface area contributed by atoms with Crippen molar-refractivity contribution >= 4 is 23.2 Å². The Bertz CT molecular complexity index is 999. The molecular formula is C25H32FN3O2S. The Morgan fingerprint density at radius 3 is 2.62 bits per heavy atom. The molecule has 172 valence electrons. The van der Waals surface area contributed by atoms with Crippen LogP contribution in [0, 0.1) is 11.2 Å². The number of amides is 2. The van der Waals surface area contributed by atoms with Crippen molar-refractivity contribution in [3.8, 4) is 0 Å². The summed E-state index contributed by atoms with van der Waals surface area (Å²) in [6.45, 7) is 10.5. The molecule has 32 heavy (non-hydrogen) atoms. The summed E-state index contributed by atoms with van der Waals surface area (Å²) < 4.78 is 14.0. The lowest BCUT2D eigenvalue weighted by Crippen LogP contribution is -2.58. The molecule has 1 aromatic carbocycles. The van der Waals surface area contributed by atoms with Gasteiger partial charge in [-0.3, -0.25) is 14.5 Å². The van der Waals surface area contributed by atoms with Gasteiger partial charge in [0.2, 0.25) is 11.8 Å². The van der Waals surface area contributed by atoms with Gasteiger partial charge in [0.25, 0.3) is 0 Å². The molecule has 0 unspecified atom stereocenters. The first kappa shape index (κ1) is 22.9. The van der Waals surface area contributed by atoms with Crippen LogP contribution in [0.2, 0.25) is 0 Å². The van der Waals surface area contributed by atoms with Crippen molar-refractivity contribution in [3.63, 3.8) is 0 Å². The predicted molar refractivity (Wildman–Crippen MR) is 125 cm³/mol. The zero-order valence-electron chi connectivity index (χ0n) is 19.3. The van der Waals surface area contributed by atoms with Crippen molar-refractivity contribution in [1.82, 2.24) is 14.7 Å². The van der Waals surface area contributed by atoms with Crippen LogP contribution in [0.1, 0.15) is 49.7 Å². The van der Waals surface area contributed by atoms with Gasteiger partial charge < -0.3 is 9.80 Å². The molecule has 3 heterocycles. The van der Waals surface area contributed by atoms with Crippen LogP contribution in [-0.2, 0) is 16.0 Å². The SMILES string of the molecule is C[C@H]1CN(C(=O)CN2CCc3sccc3[C@H]2c2cccc(F)c2)CCN1C(=O)C(C)(C)C. The van der Waals surface area contributed by atoms with Crippen LogP contribution >= 0.6 is 11.3 Å². The number of carbonyl (C=O) groups is 2. The molecule has 0 N–H and O–H groups in total. The van der Waals surface area contributed by atoms with E-state index in [0.717, 1.165) is 18.5 Å². The summed E-state index contributed by atoms with van der Waals surface area (Å²) in [5.74, 6) is -0.0614. The maximum atomic E-state index is 14.0. The Morgan fingerprint density at radius 2 is 1.94 bits per heavy atom. The molecule has 5 nitrogen and oxygen atoms in total. The molecule has 7 heteroatoms. The average molecular weight is 458 g/mol. The summed E-state index contributed by atoms with van der Waals surface area (Å²) in [6.07, 6.45) is 0.899. The number of benzene rings is 1. The molecule has 0 aliphatic carbocycles. The largest absolute Gasteiger partial charge is 0.338 e. The Kier molecular flexibility index (Phi) is 6.41. The number of carbonyl (C=O) groups excluding carboxylic acids is 2. The van der Waals surface area contributed by atoms with E-state index in [1.165, 1.54) is 16.5 Å². The molecule has 0 radical (unpaired) electrons. The van der Waals surface area contributed by atoms with Gasteiger partial charge in [-0.05, 0) is 48.1 Å². The van der Waals surface area contributed by atoms with Crippen molar-refractivity contribution in [1.29, 1.82) is 0 Å². The van der Waals surface area contributed by atoms with E-state index in [1.807, 2.05) is 43.6 Å². The van der Waals surface area contributed by atoms with E-state index in [0.29, 0.717) is 19.6 Å². The first-order valence-corrected chi connectivity index (χ1v) is 12.2. The summed E-state index contributed by atoms with van der Waals surface area (Å²) in [5.41, 5.74) is 1.63. The first-order valence-electron chi connectivity index (χ1n) is 11.3. The average Bonchev–Trinajstić information content (AvgIpc) is 3.21. The summed E-state index contributed by atoms with van der Waals surface area (Å²) in [7, 11) is 0. The van der Waals surface area contributed by atoms with E-state index in [2.05, 4.69) is 16.3 Å². The quantitative estimate of drug-likeness (QED) is 0.701. The number of hydrogen-bond donors (Lipinski definition) is 0. The maximum absolute atomic E-state index is 14.0. The van der Waals surface area contributed by atoms with E-state index in [-0.39, 0.29) is 36.3 Å². The van der Waals surface area contributed by atoms with Crippen LogP contribution in [-0.4, -0.2) is 65.3 Å². The summed E-state index contributed by atoms with van der Waals surface area (Å²) in [6, 6.07) is 8.68. The highest BCUT2D eigenvalue weighted by Gasteiger charge is 2.36. The lowest BCUT2D eigenvalue weighted by molar-refractivity contribution is -0.148. The highest BCUT2D eigenvalue weighted by Crippen LogP contribution is 2.38. The van der Waals surface area contributed by atoms with Gasteiger partial charge in [0.05, 0.1) is 12.6 Å². The topological polar surface area (TPSA) is 43.9 Å². The number of thiophene rings is 1. The molecular weight excluding hydrogens is 425 g/mol. The summed E-state index contributed by atoms with van der Waals surface area (Å²) in [5, 5.41) is 2.08. The minimum absolute atomic E-state index is 0.0109. The van der Waals surface area contributed by atoms with Crippen LogP contribution in [0.25, 0.3) is 0 Å². The second-order valence-electron chi connectivity index (χ2n) is 9.91. The van der Waals surface area contributed by atoms with Gasteiger partial charge in [-0.2, -0.15) is 0 Å². The first-order chi connectivity index (χ1) is 15.1. The van der Waals surface area contributed by atoms with E-state index in [1.54, 1.807) is 23.5 Å². The molecule has 4 rings (SSSR count). The predicted octanol–water partition coefficient (Wildman–Crippen LogP) is 3.94. The van der Waals surface area contributed by atoms with Gasteiger partial charge in [0.15, 0.2) is 0 Å². The molecule has 2 aliphatic rings. The lowest BCUT2D eigenvalue weighted by Gasteiger charge is -2.43. The van der Waals surface area contributed by atoms with Crippen LogP contribution in [0.5, 0.6) is 0 Å². The van der Waals surface area contributed by atoms with Crippen LogP contribution in [0.15, 0.2) is 35.7 Å². The summed E-state index contributed by atoms with van der Waals surface area (Å²) >= 11 is 1.73. The molecule has 2 atom stereocenters. The fourth-order valence-corrected chi connectivity index (χ4v) is 5.70. The molecule has 1 saturated heterocycles. The van der Waals surface area contributed by atoms with Crippen molar-refractivity contribution in [2.24, 2.45) is 5.41 Å². The highest BCUT2D eigenvalue weighted by atomic mass is 32.1. The maximum Gasteiger partial charge on any atom is 0.236 e. The monoisotopic (exact) mass is 457 g/mol. The van der Waals surface area contributed by atoms with Crippen LogP contribution in [0.4, 0.5) is 4.39 Å². The zero-order valence-corrected chi connectivity index (χ0v) is 20.1. The van der Waals surface area contributed by atoms with Gasteiger partial charge >= 0.3 is 0 Å². The third kappa shape index (κ3) is 4.59. The number of halogens is 1. The number of nitrogens with zero attached hydrogens (tertiary/aromatic N) is 3. The smallest absolute Gasteiger partial charge is 0.236 e. The molecule has 2 amide bonds. The second-order valence-corrected chi connectivity index (χ2v) is 10.9. The Labute approximate surface area is 193 Å². The van der Waals surface area contributed by atoms with Gasteiger partial charge in [-0.1, -0.05) is 32.9 Å². The molecule has 1 fully saturated rings. The Balaban J connectivity index is 1.48. The number of fused-ring (bicyclic) bond motifs is 1. The van der Waals surface area contributed by atoms with Gasteiger partial charge in [-0.15, -0.1) is 11.3 Å². The Hall–Kier alpha value is -2.25. The van der Waals surface area contributed by atoms with Crippen molar-refractivity contribution in [2.75, 3.05) is 32.7 Å². The number of rotatable bonds is 3. The van der Waals surface area contributed by atoms with Gasteiger partial charge in [0.1, 0.15) is 5.82 Å². The van der Waals surface area contributed by atoms with Gasteiger partial charge in [0, 0.05) is 42.5 Å². The fourth-order valence-electron chi connectivity index (χ4n) is 4.80. The lowest BCUT2D eigenvalue weighted by atomic mass is 9.93. The Morgan fingerprint density at radius 1 is 1.16 bits per heavy atom. The number of hydrogen-bond acceptors (Lipinski definition) is 4. The van der Waals surface area contributed by atoms with E-state index >= 15 is 0 Å². The van der Waals surface area contributed by atoms with Crippen LogP contribution in [0.3, 0.4) is 0 Å². The zero-order chi connectivity index (χ0) is 23.0. The molecule has 0 spiro atoms. The molecule has 1 aromatic heterocycles. The van der Waals surface area contributed by atoms with Crippen molar-refractivity contribution in [2.45, 2.75) is 46.2 Å². The molecule has 2 aliphatic heterocycles. The summed E-state index contributed by atoms with van der Waals surface area (Å²) in [4.78, 5) is 33.3. The van der Waals surface area contributed by atoms with E-state index in [4.69, 9.17) is 0 Å². The normalized spacial score (nSPS) is 22.0. The highest BCUT2D eigenvalue weighted by molar-refractivity contribution is 7.10. The molecule has 2 aromatic rings. The van der Waals surface area contributed by atoms with Crippen molar-refractivity contribution in [3.05, 3.63) is 57.5 Å². The third-order valence-corrected chi connectivity index (χ3v) is 7.45.